The molecule has 0 aliphatic heterocycles. The van der Waals surface area contributed by atoms with E-state index < -0.39 is 42.5 Å². The van der Waals surface area contributed by atoms with Gasteiger partial charge >= 0.3 is 0 Å². The number of aromatic amines is 1. The van der Waals surface area contributed by atoms with Gasteiger partial charge < -0.3 is 36.9 Å². The van der Waals surface area contributed by atoms with Gasteiger partial charge in [0.25, 0.3) is 0 Å². The van der Waals surface area contributed by atoms with Gasteiger partial charge in [0.2, 0.25) is 17.7 Å². The first kappa shape index (κ1) is 24.0. The minimum atomic E-state index is -0.991. The van der Waals surface area contributed by atoms with Crippen LogP contribution in [-0.2, 0) is 27.2 Å². The second kappa shape index (κ2) is 12.4. The molecule has 2 aromatic rings. The summed E-state index contributed by atoms with van der Waals surface area (Å²) >= 11 is 0. The summed E-state index contributed by atoms with van der Waals surface area (Å²) in [5.74, 6) is -1.76. The number of aliphatic hydroxyl groups excluding tert-OH is 2. The van der Waals surface area contributed by atoms with Gasteiger partial charge in [0.1, 0.15) is 12.1 Å². The first-order chi connectivity index (χ1) is 14.9. The minimum Gasteiger partial charge on any atom is -0.394 e. The highest BCUT2D eigenvalue weighted by molar-refractivity contribution is 5.92. The lowest BCUT2D eigenvalue weighted by Gasteiger charge is -2.22. The summed E-state index contributed by atoms with van der Waals surface area (Å²) in [6, 6.07) is 7.16. The predicted octanol–water partition coefficient (Wildman–Crippen LogP) is -2.41. The fourth-order valence-corrected chi connectivity index (χ4v) is 2.83. The van der Waals surface area contributed by atoms with Crippen LogP contribution >= 0.6 is 0 Å². The quantitative estimate of drug-likeness (QED) is 0.184. The van der Waals surface area contributed by atoms with Crippen LogP contribution in [0.4, 0.5) is 0 Å². The largest absolute Gasteiger partial charge is 0.394 e. The van der Waals surface area contributed by atoms with Crippen molar-refractivity contribution in [1.29, 1.82) is 0 Å². The maximum atomic E-state index is 12.9. The van der Waals surface area contributed by atoms with Crippen LogP contribution in [0, 0.1) is 0 Å². The average Bonchev–Trinajstić information content (AvgIpc) is 3.26. The molecule has 0 bridgehead atoms. The van der Waals surface area contributed by atoms with Crippen molar-refractivity contribution < 1.29 is 24.6 Å². The number of imidazole rings is 1. The Morgan fingerprint density at radius 1 is 1.10 bits per heavy atom. The molecule has 1 heterocycles. The van der Waals surface area contributed by atoms with Gasteiger partial charge in [-0.25, -0.2) is 4.98 Å². The Hall–Kier alpha value is -3.28. The zero-order valence-corrected chi connectivity index (χ0v) is 17.0. The summed E-state index contributed by atoms with van der Waals surface area (Å²) in [7, 11) is 0. The van der Waals surface area contributed by atoms with Crippen LogP contribution in [0.25, 0.3) is 0 Å². The van der Waals surface area contributed by atoms with Crippen molar-refractivity contribution in [2.24, 2.45) is 5.73 Å². The third-order valence-electron chi connectivity index (χ3n) is 4.45. The second-order valence-electron chi connectivity index (χ2n) is 7.02. The highest BCUT2D eigenvalue weighted by Crippen LogP contribution is 2.05. The Labute approximate surface area is 179 Å². The van der Waals surface area contributed by atoms with Crippen LogP contribution in [0.1, 0.15) is 11.3 Å². The Morgan fingerprint density at radius 2 is 1.84 bits per heavy atom. The van der Waals surface area contributed by atoms with Crippen molar-refractivity contribution >= 4 is 17.7 Å². The van der Waals surface area contributed by atoms with Gasteiger partial charge in [-0.05, 0) is 5.56 Å². The van der Waals surface area contributed by atoms with Crippen LogP contribution in [0.2, 0.25) is 0 Å². The summed E-state index contributed by atoms with van der Waals surface area (Å²) in [5.41, 5.74) is 6.87. The van der Waals surface area contributed by atoms with E-state index in [1.807, 2.05) is 30.3 Å². The smallest absolute Gasteiger partial charge is 0.243 e. The number of hydrogen-bond donors (Lipinski definition) is 7. The van der Waals surface area contributed by atoms with E-state index in [1.54, 1.807) is 0 Å². The fraction of sp³-hybridized carbons (Fsp3) is 0.400. The molecule has 1 unspecified atom stereocenters. The normalized spacial score (nSPS) is 13.7. The van der Waals surface area contributed by atoms with Crippen molar-refractivity contribution in [3.05, 3.63) is 54.1 Å². The molecule has 0 aliphatic carbocycles. The number of amides is 3. The van der Waals surface area contributed by atoms with Gasteiger partial charge in [0, 0.05) is 31.3 Å². The number of carbonyl (C=O) groups excluding carboxylic acids is 3. The Balaban J connectivity index is 2.04. The van der Waals surface area contributed by atoms with E-state index in [1.165, 1.54) is 12.5 Å². The number of nitrogens with zero attached hydrogens (tertiary/aromatic N) is 1. The van der Waals surface area contributed by atoms with E-state index in [4.69, 9.17) is 10.8 Å². The monoisotopic (exact) mass is 432 g/mol. The lowest BCUT2D eigenvalue weighted by Crippen LogP contribution is -2.55. The maximum Gasteiger partial charge on any atom is 0.243 e. The molecular formula is C20H28N6O5. The number of aromatic nitrogens is 2. The SMILES string of the molecule is NC(=O)[C@H](Cc1cnc[nH]1)NC(=O)[C@H](Cc1ccccc1)NC(=O)CNCC(O)CO. The van der Waals surface area contributed by atoms with E-state index in [2.05, 4.69) is 25.9 Å². The van der Waals surface area contributed by atoms with Crippen LogP contribution in [0.5, 0.6) is 0 Å². The molecule has 2 rings (SSSR count). The summed E-state index contributed by atoms with van der Waals surface area (Å²) in [4.78, 5) is 43.7. The van der Waals surface area contributed by atoms with Crippen molar-refractivity contribution in [3.8, 4) is 0 Å². The van der Waals surface area contributed by atoms with Gasteiger partial charge in [-0.15, -0.1) is 0 Å². The molecule has 0 saturated carbocycles. The van der Waals surface area contributed by atoms with Gasteiger partial charge in [-0.3, -0.25) is 14.4 Å². The molecule has 0 aliphatic rings. The number of hydrogen-bond acceptors (Lipinski definition) is 7. The topological polar surface area (TPSA) is 182 Å². The van der Waals surface area contributed by atoms with Crippen LogP contribution in [-0.4, -0.2) is 75.8 Å². The number of primary amides is 1. The molecular weight excluding hydrogens is 404 g/mol. The number of benzene rings is 1. The summed E-state index contributed by atoms with van der Waals surface area (Å²) in [6.07, 6.45) is 2.32. The third-order valence-corrected chi connectivity index (χ3v) is 4.45. The molecule has 3 amide bonds. The lowest BCUT2D eigenvalue weighted by atomic mass is 10.0. The molecule has 0 saturated heterocycles. The molecule has 8 N–H and O–H groups in total. The number of carbonyl (C=O) groups is 3. The van der Waals surface area contributed by atoms with Crippen LogP contribution < -0.4 is 21.7 Å². The lowest BCUT2D eigenvalue weighted by molar-refractivity contribution is -0.131. The molecule has 1 aromatic carbocycles. The molecule has 11 heteroatoms. The van der Waals surface area contributed by atoms with E-state index in [9.17, 15) is 19.5 Å². The third kappa shape index (κ3) is 8.54. The van der Waals surface area contributed by atoms with E-state index >= 15 is 0 Å². The van der Waals surface area contributed by atoms with Crippen LogP contribution in [0.3, 0.4) is 0 Å². The molecule has 31 heavy (non-hydrogen) atoms. The molecule has 1 aromatic heterocycles. The molecule has 3 atom stereocenters. The van der Waals surface area contributed by atoms with Crippen molar-refractivity contribution in [2.75, 3.05) is 19.7 Å². The summed E-state index contributed by atoms with van der Waals surface area (Å²) in [6.45, 7) is -0.574. The van der Waals surface area contributed by atoms with Gasteiger partial charge in [0.05, 0.1) is 25.6 Å². The second-order valence-corrected chi connectivity index (χ2v) is 7.02. The summed E-state index contributed by atoms with van der Waals surface area (Å²) < 4.78 is 0. The van der Waals surface area contributed by atoms with Crippen molar-refractivity contribution in [2.45, 2.75) is 31.0 Å². The highest BCUT2D eigenvalue weighted by Gasteiger charge is 2.26. The zero-order valence-electron chi connectivity index (χ0n) is 17.0. The number of nitrogens with one attached hydrogen (secondary N) is 4. The fourth-order valence-electron chi connectivity index (χ4n) is 2.83. The minimum absolute atomic E-state index is 0.0212. The number of H-pyrrole nitrogens is 1. The standard InChI is InChI=1S/C20H28N6O5/c21-19(30)16(7-14-8-23-12-24-14)26-20(31)17(6-13-4-2-1-3-5-13)25-18(29)10-22-9-15(28)11-27/h1-5,8,12,15-17,22,27-28H,6-7,9-11H2,(H2,21,30)(H,23,24)(H,25,29)(H,26,31)/t15?,16-,17-/m0/s1. The first-order valence-corrected chi connectivity index (χ1v) is 9.79. The number of nitrogens with two attached hydrogens (primary N) is 1. The Bertz CT molecular complexity index is 830. The zero-order chi connectivity index (χ0) is 22.6. The summed E-state index contributed by atoms with van der Waals surface area (Å²) in [5, 5.41) is 26.1. The molecule has 0 fully saturated rings. The molecule has 168 valence electrons. The Morgan fingerprint density at radius 3 is 2.45 bits per heavy atom. The van der Waals surface area contributed by atoms with Crippen molar-refractivity contribution in [1.82, 2.24) is 25.9 Å². The number of rotatable bonds is 13. The average molecular weight is 432 g/mol. The van der Waals surface area contributed by atoms with Gasteiger partial charge in [-0.2, -0.15) is 0 Å². The molecule has 0 spiro atoms. The molecule has 11 nitrogen and oxygen atoms in total. The van der Waals surface area contributed by atoms with Crippen LogP contribution in [0.15, 0.2) is 42.9 Å². The van der Waals surface area contributed by atoms with E-state index in [-0.39, 0.29) is 25.9 Å². The van der Waals surface area contributed by atoms with E-state index in [0.717, 1.165) is 5.56 Å². The first-order valence-electron chi connectivity index (χ1n) is 9.79. The highest BCUT2D eigenvalue weighted by atomic mass is 16.3. The number of aliphatic hydroxyl groups is 2. The van der Waals surface area contributed by atoms with E-state index in [0.29, 0.717) is 5.69 Å². The maximum absolute atomic E-state index is 12.9. The predicted molar refractivity (Wildman–Crippen MR) is 111 cm³/mol. The molecule has 0 radical (unpaired) electrons. The van der Waals surface area contributed by atoms with Gasteiger partial charge in [-0.1, -0.05) is 30.3 Å². The van der Waals surface area contributed by atoms with Crippen molar-refractivity contribution in [3.63, 3.8) is 0 Å². The Kier molecular flexibility index (Phi) is 9.62. The van der Waals surface area contributed by atoms with Gasteiger partial charge in [0.15, 0.2) is 0 Å².